The molecule has 1 aromatic carbocycles. The number of nitrogens with two attached hydrogens (primary N) is 1. The number of thiophene rings is 1. The molecule has 0 aliphatic heterocycles. The van der Waals surface area contributed by atoms with Crippen LogP contribution in [0.4, 0.5) is 0 Å². The summed E-state index contributed by atoms with van der Waals surface area (Å²) in [4.78, 5) is 20.5. The summed E-state index contributed by atoms with van der Waals surface area (Å²) >= 11 is 3.15. The molecule has 0 spiro atoms. The van der Waals surface area contributed by atoms with E-state index in [1.807, 2.05) is 18.2 Å². The first-order valence-electron chi connectivity index (χ1n) is 6.44. The molecular formula is C15H13N3OS2. The van der Waals surface area contributed by atoms with Crippen LogP contribution >= 0.6 is 23.1 Å². The Morgan fingerprint density at radius 1 is 1.24 bits per heavy atom. The number of carbonyl (C=O) groups is 1. The molecule has 2 N–H and O–H groups in total. The Kier molecular flexibility index (Phi) is 4.17. The van der Waals surface area contributed by atoms with Crippen LogP contribution in [0.5, 0.6) is 0 Å². The molecule has 0 unspecified atom stereocenters. The van der Waals surface area contributed by atoms with Crippen molar-refractivity contribution < 1.29 is 4.79 Å². The number of primary amides is 1. The van der Waals surface area contributed by atoms with Crippen molar-refractivity contribution in [3.8, 4) is 11.1 Å². The van der Waals surface area contributed by atoms with E-state index in [2.05, 4.69) is 27.5 Å². The van der Waals surface area contributed by atoms with Gasteiger partial charge in [-0.05, 0) is 5.56 Å². The summed E-state index contributed by atoms with van der Waals surface area (Å²) in [6.07, 6.45) is 1.92. The van der Waals surface area contributed by atoms with E-state index in [9.17, 15) is 4.79 Å². The molecule has 3 aromatic rings. The van der Waals surface area contributed by atoms with Crippen molar-refractivity contribution in [1.82, 2.24) is 9.97 Å². The highest BCUT2D eigenvalue weighted by atomic mass is 32.2. The van der Waals surface area contributed by atoms with Gasteiger partial charge in [-0.2, -0.15) is 0 Å². The predicted octanol–water partition coefficient (Wildman–Crippen LogP) is 3.33. The Morgan fingerprint density at radius 3 is 2.81 bits per heavy atom. The Hall–Kier alpha value is -1.92. The van der Waals surface area contributed by atoms with Crippen LogP contribution in [0.15, 0.2) is 47.1 Å². The fourth-order valence-corrected chi connectivity index (χ4v) is 3.99. The number of hydrogen-bond acceptors (Lipinski definition) is 5. The van der Waals surface area contributed by atoms with Gasteiger partial charge in [0.2, 0.25) is 5.91 Å². The monoisotopic (exact) mass is 315 g/mol. The van der Waals surface area contributed by atoms with Crippen LogP contribution in [0.25, 0.3) is 21.3 Å². The first-order chi connectivity index (χ1) is 10.3. The molecule has 6 heteroatoms. The smallest absolute Gasteiger partial charge is 0.218 e. The molecule has 0 saturated heterocycles. The highest BCUT2D eigenvalue weighted by Gasteiger charge is 2.13. The average molecular weight is 315 g/mol. The number of rotatable bonds is 5. The molecule has 0 radical (unpaired) electrons. The van der Waals surface area contributed by atoms with Gasteiger partial charge in [-0.1, -0.05) is 30.3 Å². The zero-order valence-electron chi connectivity index (χ0n) is 11.2. The number of benzene rings is 1. The summed E-state index contributed by atoms with van der Waals surface area (Å²) in [6.45, 7) is 0. The number of aromatic nitrogens is 2. The third-order valence-electron chi connectivity index (χ3n) is 3.01. The molecule has 21 heavy (non-hydrogen) atoms. The molecular weight excluding hydrogens is 302 g/mol. The second kappa shape index (κ2) is 6.24. The van der Waals surface area contributed by atoms with Crippen molar-refractivity contribution in [2.24, 2.45) is 5.73 Å². The topological polar surface area (TPSA) is 68.9 Å². The van der Waals surface area contributed by atoms with E-state index >= 15 is 0 Å². The quantitative estimate of drug-likeness (QED) is 0.579. The highest BCUT2D eigenvalue weighted by Crippen LogP contribution is 2.37. The zero-order chi connectivity index (χ0) is 14.7. The van der Waals surface area contributed by atoms with E-state index in [-0.39, 0.29) is 5.91 Å². The molecule has 4 nitrogen and oxygen atoms in total. The first kappa shape index (κ1) is 14.0. The molecule has 1 amide bonds. The minimum absolute atomic E-state index is 0.290. The molecule has 0 aliphatic rings. The molecule has 0 saturated carbocycles. The third-order valence-corrected chi connectivity index (χ3v) is 4.89. The second-order valence-electron chi connectivity index (χ2n) is 4.44. The fraction of sp³-hybridized carbons (Fsp3) is 0.133. The number of hydrogen-bond donors (Lipinski definition) is 1. The van der Waals surface area contributed by atoms with Gasteiger partial charge in [-0.15, -0.1) is 23.1 Å². The maximum Gasteiger partial charge on any atom is 0.218 e. The van der Waals surface area contributed by atoms with E-state index in [0.29, 0.717) is 12.2 Å². The molecule has 0 atom stereocenters. The summed E-state index contributed by atoms with van der Waals surface area (Å²) in [5.41, 5.74) is 7.47. The first-order valence-corrected chi connectivity index (χ1v) is 8.31. The summed E-state index contributed by atoms with van der Waals surface area (Å²) in [5, 5.41) is 4.07. The standard InChI is InChI=1S/C15H13N3OS2/c16-12(19)6-7-20-14-13-11(10-4-2-1-3-5-10)8-21-15(13)18-9-17-14/h1-5,8-9H,6-7H2,(H2,16,19). The number of carbonyl (C=O) groups excluding carboxylic acids is 1. The van der Waals surface area contributed by atoms with Crippen LogP contribution in [0, 0.1) is 0 Å². The van der Waals surface area contributed by atoms with Crippen LogP contribution in [0.1, 0.15) is 6.42 Å². The zero-order valence-corrected chi connectivity index (χ0v) is 12.8. The molecule has 3 rings (SSSR count). The molecule has 106 valence electrons. The predicted molar refractivity (Wildman–Crippen MR) is 87.4 cm³/mol. The van der Waals surface area contributed by atoms with Gasteiger partial charge in [0, 0.05) is 23.1 Å². The van der Waals surface area contributed by atoms with Crippen LogP contribution in [-0.4, -0.2) is 21.6 Å². The lowest BCUT2D eigenvalue weighted by atomic mass is 10.1. The molecule has 0 bridgehead atoms. The lowest BCUT2D eigenvalue weighted by Crippen LogP contribution is -2.10. The van der Waals surface area contributed by atoms with E-state index in [4.69, 9.17) is 5.73 Å². The van der Waals surface area contributed by atoms with E-state index in [1.165, 1.54) is 0 Å². The van der Waals surface area contributed by atoms with Gasteiger partial charge in [0.25, 0.3) is 0 Å². The van der Waals surface area contributed by atoms with Gasteiger partial charge in [0.1, 0.15) is 16.2 Å². The van der Waals surface area contributed by atoms with Gasteiger partial charge in [0.15, 0.2) is 0 Å². The third kappa shape index (κ3) is 3.06. The lowest BCUT2D eigenvalue weighted by Gasteiger charge is -2.04. The molecule has 2 aromatic heterocycles. The van der Waals surface area contributed by atoms with E-state index in [1.54, 1.807) is 29.4 Å². The van der Waals surface area contributed by atoms with Gasteiger partial charge < -0.3 is 5.73 Å². The minimum atomic E-state index is -0.290. The number of amides is 1. The van der Waals surface area contributed by atoms with Gasteiger partial charge in [-0.3, -0.25) is 4.79 Å². The van der Waals surface area contributed by atoms with Crippen LogP contribution < -0.4 is 5.73 Å². The largest absolute Gasteiger partial charge is 0.370 e. The highest BCUT2D eigenvalue weighted by molar-refractivity contribution is 7.99. The Labute approximate surface area is 130 Å². The number of fused-ring (bicyclic) bond motifs is 1. The maximum absolute atomic E-state index is 10.9. The van der Waals surface area contributed by atoms with Crippen molar-refractivity contribution in [3.05, 3.63) is 42.0 Å². The van der Waals surface area contributed by atoms with Crippen LogP contribution in [-0.2, 0) is 4.79 Å². The molecule has 0 fully saturated rings. The SMILES string of the molecule is NC(=O)CCSc1ncnc2scc(-c3ccccc3)c12. The number of thioether (sulfide) groups is 1. The summed E-state index contributed by atoms with van der Waals surface area (Å²) in [7, 11) is 0. The fourth-order valence-electron chi connectivity index (χ4n) is 2.04. The van der Waals surface area contributed by atoms with Gasteiger partial charge in [-0.25, -0.2) is 9.97 Å². The molecule has 2 heterocycles. The summed E-state index contributed by atoms with van der Waals surface area (Å²) in [5.74, 6) is 0.340. The second-order valence-corrected chi connectivity index (χ2v) is 6.38. The minimum Gasteiger partial charge on any atom is -0.370 e. The van der Waals surface area contributed by atoms with Crippen molar-refractivity contribution >= 4 is 39.2 Å². The Bertz CT molecular complexity index is 771. The van der Waals surface area contributed by atoms with Crippen molar-refractivity contribution in [2.45, 2.75) is 11.4 Å². The summed E-state index contributed by atoms with van der Waals surface area (Å²) < 4.78 is 0. The van der Waals surface area contributed by atoms with Gasteiger partial charge in [0.05, 0.1) is 5.39 Å². The maximum atomic E-state index is 10.9. The Morgan fingerprint density at radius 2 is 2.05 bits per heavy atom. The Balaban J connectivity index is 2.01. The van der Waals surface area contributed by atoms with Crippen LogP contribution in [0.3, 0.4) is 0 Å². The van der Waals surface area contributed by atoms with E-state index < -0.39 is 0 Å². The van der Waals surface area contributed by atoms with Crippen molar-refractivity contribution in [2.75, 3.05) is 5.75 Å². The van der Waals surface area contributed by atoms with E-state index in [0.717, 1.165) is 26.4 Å². The van der Waals surface area contributed by atoms with Crippen molar-refractivity contribution in [3.63, 3.8) is 0 Å². The molecule has 0 aliphatic carbocycles. The average Bonchev–Trinajstić information content (AvgIpc) is 2.93. The van der Waals surface area contributed by atoms with Gasteiger partial charge >= 0.3 is 0 Å². The lowest BCUT2D eigenvalue weighted by molar-refractivity contribution is -0.117. The normalized spacial score (nSPS) is 10.9. The van der Waals surface area contributed by atoms with Crippen LogP contribution in [0.2, 0.25) is 0 Å². The van der Waals surface area contributed by atoms with Crippen molar-refractivity contribution in [1.29, 1.82) is 0 Å². The number of nitrogens with zero attached hydrogens (tertiary/aromatic N) is 2. The summed E-state index contributed by atoms with van der Waals surface area (Å²) in [6, 6.07) is 10.2.